The molecule has 1 amide bonds. The second kappa shape index (κ2) is 16.2. The highest BCUT2D eigenvalue weighted by molar-refractivity contribution is 5.96. The monoisotopic (exact) mass is 870 g/mol. The molecule has 18 nitrogen and oxygen atoms in total. The molecule has 2 aliphatic heterocycles. The van der Waals surface area contributed by atoms with Crippen molar-refractivity contribution in [2.45, 2.75) is 155 Å². The van der Waals surface area contributed by atoms with Crippen LogP contribution >= 0.6 is 0 Å². The van der Waals surface area contributed by atoms with Crippen LogP contribution in [0.5, 0.6) is 0 Å². The number of aliphatic hydroxyl groups is 2. The third-order valence-corrected chi connectivity index (χ3v) is 12.9. The van der Waals surface area contributed by atoms with Gasteiger partial charge in [-0.2, -0.15) is 0 Å². The van der Waals surface area contributed by atoms with E-state index in [0.29, 0.717) is 0 Å². The summed E-state index contributed by atoms with van der Waals surface area (Å²) < 4.78 is 48.1. The Bertz CT molecular complexity index is 2040. The molecule has 1 spiro atoms. The molecule has 2 heterocycles. The van der Waals surface area contributed by atoms with Crippen molar-refractivity contribution in [2.24, 2.45) is 22.7 Å². The number of rotatable bonds is 10. The topological polar surface area (TPSA) is 246 Å². The zero-order valence-electron chi connectivity index (χ0n) is 36.8. The molecule has 12 atom stereocenters. The maximum absolute atomic E-state index is 15.6. The average Bonchev–Trinajstić information content (AvgIpc) is 3.52. The van der Waals surface area contributed by atoms with Crippen molar-refractivity contribution in [2.75, 3.05) is 6.61 Å². The van der Waals surface area contributed by atoms with E-state index in [9.17, 15) is 39.0 Å². The molecule has 340 valence electrons. The number of alkyl carbamates (subject to hydrolysis) is 1. The first kappa shape index (κ1) is 46.4. The molecule has 3 N–H and O–H groups in total. The second-order valence-electron chi connectivity index (χ2n) is 19.0. The molecular weight excluding hydrogens is 813 g/mol. The molecule has 2 saturated carbocycles. The number of ether oxygens (including phenoxy) is 8. The fourth-order valence-corrected chi connectivity index (χ4v) is 10.4. The molecular formula is C44H57NO17. The van der Waals surface area contributed by atoms with Gasteiger partial charge in [0.25, 0.3) is 0 Å². The summed E-state index contributed by atoms with van der Waals surface area (Å²) in [5, 5.41) is 26.3. The Morgan fingerprint density at radius 2 is 1.61 bits per heavy atom. The number of benzene rings is 1. The number of hydrogen-bond donors (Lipinski definition) is 3. The molecule has 2 bridgehead atoms. The molecule has 6 rings (SSSR count). The highest BCUT2D eigenvalue weighted by atomic mass is 16.8. The van der Waals surface area contributed by atoms with E-state index in [1.165, 1.54) is 26.0 Å². The van der Waals surface area contributed by atoms with Gasteiger partial charge in [0.2, 0.25) is 5.60 Å². The lowest BCUT2D eigenvalue weighted by molar-refractivity contribution is -0.345. The van der Waals surface area contributed by atoms with Crippen LogP contribution in [0.4, 0.5) is 9.59 Å². The molecule has 4 fully saturated rings. The van der Waals surface area contributed by atoms with E-state index in [4.69, 9.17) is 37.9 Å². The lowest BCUT2D eigenvalue weighted by Gasteiger charge is -2.67. The molecule has 0 aromatic heterocycles. The number of aliphatic hydroxyl groups excluding tert-OH is 2. The molecule has 0 radical (unpaired) electrons. The van der Waals surface area contributed by atoms with Gasteiger partial charge in [-0.05, 0) is 70.2 Å². The first-order chi connectivity index (χ1) is 28.7. The Morgan fingerprint density at radius 3 is 2.16 bits per heavy atom. The third-order valence-electron chi connectivity index (χ3n) is 12.9. The van der Waals surface area contributed by atoms with E-state index in [2.05, 4.69) is 5.32 Å². The summed E-state index contributed by atoms with van der Waals surface area (Å²) in [6, 6.07) is 6.47. The van der Waals surface area contributed by atoms with E-state index in [1.807, 2.05) is 0 Å². The number of Topliss-reactive ketones (excluding diaryl/α,β-unsaturated/α-hetero) is 1. The number of carbonyl (C=O) groups is 7. The molecule has 1 aromatic carbocycles. The molecule has 3 aliphatic carbocycles. The summed E-state index contributed by atoms with van der Waals surface area (Å²) in [5.41, 5.74) is -8.99. The van der Waals surface area contributed by atoms with Crippen molar-refractivity contribution in [1.29, 1.82) is 0 Å². The van der Waals surface area contributed by atoms with Crippen LogP contribution in [0.3, 0.4) is 0 Å². The van der Waals surface area contributed by atoms with Crippen LogP contribution in [0.2, 0.25) is 0 Å². The maximum Gasteiger partial charge on any atom is 0.509 e. The number of fused-ring (bicyclic) bond motifs is 4. The van der Waals surface area contributed by atoms with Gasteiger partial charge in [-0.3, -0.25) is 14.4 Å². The summed E-state index contributed by atoms with van der Waals surface area (Å²) in [4.78, 5) is 97.3. The van der Waals surface area contributed by atoms with Gasteiger partial charge in [0.05, 0.1) is 35.6 Å². The number of amides is 1. The lowest BCUT2D eigenvalue weighted by Crippen LogP contribution is -2.83. The third kappa shape index (κ3) is 7.61. The van der Waals surface area contributed by atoms with Gasteiger partial charge >= 0.3 is 36.1 Å². The predicted molar refractivity (Wildman–Crippen MR) is 212 cm³/mol. The largest absolute Gasteiger partial charge is 0.509 e. The van der Waals surface area contributed by atoms with Crippen LogP contribution in [-0.4, -0.2) is 124 Å². The molecule has 18 heteroatoms. The van der Waals surface area contributed by atoms with E-state index in [-0.39, 0.29) is 42.1 Å². The van der Waals surface area contributed by atoms with Crippen molar-refractivity contribution in [3.63, 3.8) is 0 Å². The fourth-order valence-electron chi connectivity index (χ4n) is 10.4. The molecule has 2 saturated heterocycles. The second-order valence-corrected chi connectivity index (χ2v) is 19.0. The van der Waals surface area contributed by atoms with Gasteiger partial charge in [-0.1, -0.05) is 45.9 Å². The van der Waals surface area contributed by atoms with Gasteiger partial charge in [0, 0.05) is 25.7 Å². The Labute approximate surface area is 359 Å². The molecule has 5 aliphatic rings. The predicted octanol–water partition coefficient (Wildman–Crippen LogP) is 3.66. The number of nitrogens with one attached hydrogen (secondary N) is 1. The van der Waals surface area contributed by atoms with Crippen LogP contribution < -0.4 is 5.32 Å². The van der Waals surface area contributed by atoms with Gasteiger partial charge in [0.1, 0.15) is 11.7 Å². The SMILES string of the molecule is CC(=O)O[C@@]12CO[C@@H]1C[C@H](O)[C@@]1(C)C(=O)[C@H](O[11C](C)=O)C3=C(C)[C@@H](OC(=O)[C@H](O)[C@H](CC(C)C)NC(=O)OC(C)(C)C)[C@@H]4OC(=O)O[C@]4([C@@H](OC(=O)c4ccccc4)[C@H]21)C3(C)C. The highest BCUT2D eigenvalue weighted by Gasteiger charge is 2.83. The van der Waals surface area contributed by atoms with Crippen molar-refractivity contribution in [3.05, 3.63) is 47.0 Å². The van der Waals surface area contributed by atoms with Crippen molar-refractivity contribution >= 4 is 41.9 Å². The van der Waals surface area contributed by atoms with Crippen LogP contribution in [0.1, 0.15) is 99.4 Å². The number of carbonyl (C=O) groups excluding carboxylic acids is 7. The summed E-state index contributed by atoms with van der Waals surface area (Å²) in [6.45, 7) is 16.2. The van der Waals surface area contributed by atoms with E-state index < -0.39 is 124 Å². The Hall–Kier alpha value is -5.07. The normalized spacial score (nSPS) is 34.2. The minimum atomic E-state index is -2.36. The van der Waals surface area contributed by atoms with E-state index >= 15 is 4.79 Å². The van der Waals surface area contributed by atoms with E-state index in [0.717, 1.165) is 13.8 Å². The number of hydrogen-bond acceptors (Lipinski definition) is 17. The zero-order chi connectivity index (χ0) is 46.1. The maximum atomic E-state index is 15.6. The summed E-state index contributed by atoms with van der Waals surface area (Å²) in [7, 11) is 0. The van der Waals surface area contributed by atoms with Gasteiger partial charge in [-0.25, -0.2) is 19.2 Å². The quantitative estimate of drug-likeness (QED) is 0.173. The fraction of sp³-hybridized carbons (Fsp3) is 0.659. The summed E-state index contributed by atoms with van der Waals surface area (Å²) in [6.07, 6.45) is -14.5. The minimum absolute atomic E-state index is 0.0261. The standard InChI is InChI=1S/C44H57NO17/c1-20(2)17-25(45-38(53)61-40(6,7)8)29(49)37(52)57-30-21(3)28-31(56-22(4)46)33(50)42(11)26(48)18-27-43(19-55-27,60-23(5)47)32(42)35(58-36(51)24-15-13-12-14-16-24)44(41(28,9)10)34(30)59-39(54)62-44/h12-16,20,25-27,29-32,34-35,48-49H,17-19H2,1-11H3,(H,45,53)/t25-,26-,27+,29+,30+,31+,32-,34-,35-,42+,43-,44+/m0/s1/i22-1. The zero-order valence-corrected chi connectivity index (χ0v) is 36.8. The smallest absolute Gasteiger partial charge is 0.454 e. The van der Waals surface area contributed by atoms with Gasteiger partial charge in [-0.15, -0.1) is 0 Å². The molecule has 1 aromatic rings. The highest BCUT2D eigenvalue weighted by Crippen LogP contribution is 2.67. The summed E-state index contributed by atoms with van der Waals surface area (Å²) in [5.74, 6) is -6.73. The molecule has 62 heavy (non-hydrogen) atoms. The van der Waals surface area contributed by atoms with E-state index in [1.54, 1.807) is 66.7 Å². The van der Waals surface area contributed by atoms with Gasteiger partial charge in [0.15, 0.2) is 41.9 Å². The van der Waals surface area contributed by atoms with Crippen LogP contribution in [0, 0.1) is 22.7 Å². The Morgan fingerprint density at radius 1 is 0.968 bits per heavy atom. The minimum Gasteiger partial charge on any atom is -0.454 e. The van der Waals surface area contributed by atoms with Crippen molar-refractivity contribution in [1.82, 2.24) is 5.32 Å². The van der Waals surface area contributed by atoms with Crippen molar-refractivity contribution in [3.8, 4) is 0 Å². The first-order valence-electron chi connectivity index (χ1n) is 20.7. The summed E-state index contributed by atoms with van der Waals surface area (Å²) >= 11 is 0. The van der Waals surface area contributed by atoms with Crippen LogP contribution in [0.25, 0.3) is 0 Å². The van der Waals surface area contributed by atoms with Gasteiger partial charge < -0.3 is 53.4 Å². The van der Waals surface area contributed by atoms with Crippen LogP contribution in [0.15, 0.2) is 41.5 Å². The number of ketones is 1. The Balaban J connectivity index is 1.61. The Kier molecular flexibility index (Phi) is 12.2. The first-order valence-corrected chi connectivity index (χ1v) is 20.7. The van der Waals surface area contributed by atoms with Crippen molar-refractivity contribution < 1.29 is 81.7 Å². The van der Waals surface area contributed by atoms with Crippen LogP contribution in [-0.2, 0) is 57.1 Å². The lowest BCUT2D eigenvalue weighted by atomic mass is 9.44. The average molecular weight is 871 g/mol. The number of esters is 4. The molecule has 0 unspecified atom stereocenters.